The van der Waals surface area contributed by atoms with Crippen LogP contribution >= 0.6 is 0 Å². The van der Waals surface area contributed by atoms with Gasteiger partial charge in [0.15, 0.2) is 5.78 Å². The molecular weight excluding hydrogens is 321 g/mol. The molecular formula is C20H22FNO3. The number of ketones is 1. The van der Waals surface area contributed by atoms with Crippen molar-refractivity contribution >= 4 is 11.7 Å². The predicted octanol–water partition coefficient (Wildman–Crippen LogP) is 4.06. The zero-order valence-electron chi connectivity index (χ0n) is 14.4. The first kappa shape index (κ1) is 18.6. The van der Waals surface area contributed by atoms with E-state index in [1.54, 1.807) is 36.4 Å². The first-order valence-electron chi connectivity index (χ1n) is 8.24. The van der Waals surface area contributed by atoms with Crippen LogP contribution in [-0.4, -0.2) is 18.3 Å². The van der Waals surface area contributed by atoms with Crippen LogP contribution in [0.25, 0.3) is 0 Å². The van der Waals surface area contributed by atoms with Gasteiger partial charge in [-0.2, -0.15) is 0 Å². The molecule has 2 aromatic rings. The number of nitrogens with one attached hydrogen (secondary N) is 1. The molecule has 0 aliphatic rings. The van der Waals surface area contributed by atoms with E-state index in [-0.39, 0.29) is 23.5 Å². The normalized spacial score (nSPS) is 11.6. The summed E-state index contributed by atoms with van der Waals surface area (Å²) in [6, 6.07) is 12.8. The minimum atomic E-state index is -0.296. The molecule has 1 unspecified atom stereocenters. The monoisotopic (exact) mass is 343 g/mol. The molecule has 1 N–H and O–H groups in total. The summed E-state index contributed by atoms with van der Waals surface area (Å²) in [5, 5.41) is 2.88. The van der Waals surface area contributed by atoms with Crippen molar-refractivity contribution in [3.8, 4) is 5.75 Å². The van der Waals surface area contributed by atoms with Gasteiger partial charge in [-0.05, 0) is 62.2 Å². The summed E-state index contributed by atoms with van der Waals surface area (Å²) in [5.41, 5.74) is 1.50. The maximum Gasteiger partial charge on any atom is 0.220 e. The summed E-state index contributed by atoms with van der Waals surface area (Å²) in [7, 11) is 0. The Morgan fingerprint density at radius 1 is 1.08 bits per heavy atom. The van der Waals surface area contributed by atoms with Gasteiger partial charge < -0.3 is 10.1 Å². The fourth-order valence-corrected chi connectivity index (χ4v) is 2.36. The molecule has 4 nitrogen and oxygen atoms in total. The van der Waals surface area contributed by atoms with Gasteiger partial charge in [-0.3, -0.25) is 9.59 Å². The van der Waals surface area contributed by atoms with Crippen molar-refractivity contribution in [2.45, 2.75) is 32.7 Å². The number of halogens is 1. The van der Waals surface area contributed by atoms with Crippen LogP contribution in [0.5, 0.6) is 5.75 Å². The number of amides is 1. The number of carbonyl (C=O) groups excluding carboxylic acids is 2. The van der Waals surface area contributed by atoms with Crippen LogP contribution in [-0.2, 0) is 4.79 Å². The molecule has 0 aliphatic heterocycles. The van der Waals surface area contributed by atoms with Crippen LogP contribution in [0.1, 0.15) is 48.7 Å². The Balaban J connectivity index is 1.69. The average molecular weight is 343 g/mol. The Kier molecular flexibility index (Phi) is 6.69. The summed E-state index contributed by atoms with van der Waals surface area (Å²) in [4.78, 5) is 23.1. The Bertz CT molecular complexity index is 711. The molecule has 5 heteroatoms. The number of hydrogen-bond donors (Lipinski definition) is 1. The number of Topliss-reactive ketones (excluding diaryl/α,β-unsaturated/α-hetero) is 1. The van der Waals surface area contributed by atoms with Crippen LogP contribution in [0.4, 0.5) is 4.39 Å². The Morgan fingerprint density at radius 2 is 1.72 bits per heavy atom. The fraction of sp³-hybridized carbons (Fsp3) is 0.300. The molecule has 0 saturated carbocycles. The van der Waals surface area contributed by atoms with Gasteiger partial charge in [0.05, 0.1) is 12.6 Å². The highest BCUT2D eigenvalue weighted by molar-refractivity contribution is 5.94. The van der Waals surface area contributed by atoms with Crippen LogP contribution in [0, 0.1) is 5.82 Å². The molecule has 1 amide bonds. The first-order chi connectivity index (χ1) is 12.0. The third kappa shape index (κ3) is 6.03. The molecule has 0 radical (unpaired) electrons. The molecule has 1 atom stereocenters. The second-order valence-electron chi connectivity index (χ2n) is 5.87. The molecule has 0 spiro atoms. The van der Waals surface area contributed by atoms with E-state index in [4.69, 9.17) is 4.74 Å². The summed E-state index contributed by atoms with van der Waals surface area (Å²) >= 11 is 0. The number of hydrogen-bond acceptors (Lipinski definition) is 3. The van der Waals surface area contributed by atoms with Crippen molar-refractivity contribution in [2.75, 3.05) is 6.61 Å². The van der Waals surface area contributed by atoms with Crippen molar-refractivity contribution in [1.82, 2.24) is 5.32 Å². The van der Waals surface area contributed by atoms with Crippen molar-refractivity contribution in [1.29, 1.82) is 0 Å². The van der Waals surface area contributed by atoms with Gasteiger partial charge in [0.25, 0.3) is 0 Å². The summed E-state index contributed by atoms with van der Waals surface area (Å²) in [5.74, 6) is 0.312. The van der Waals surface area contributed by atoms with E-state index in [9.17, 15) is 14.0 Å². The highest BCUT2D eigenvalue weighted by Gasteiger charge is 2.09. The first-order valence-corrected chi connectivity index (χ1v) is 8.24. The van der Waals surface area contributed by atoms with Crippen molar-refractivity contribution < 1.29 is 18.7 Å². The van der Waals surface area contributed by atoms with Gasteiger partial charge in [0.2, 0.25) is 5.91 Å². The molecule has 132 valence electrons. The summed E-state index contributed by atoms with van der Waals surface area (Å²) < 4.78 is 18.5. The van der Waals surface area contributed by atoms with E-state index in [0.29, 0.717) is 30.8 Å². The minimum Gasteiger partial charge on any atom is -0.494 e. The van der Waals surface area contributed by atoms with Gasteiger partial charge in [-0.15, -0.1) is 0 Å². The molecule has 2 aromatic carbocycles. The maximum absolute atomic E-state index is 12.9. The molecule has 0 aliphatic carbocycles. The quantitative estimate of drug-likeness (QED) is 0.581. The third-order valence-electron chi connectivity index (χ3n) is 3.83. The molecule has 0 bridgehead atoms. The number of benzene rings is 2. The number of ether oxygens (including phenoxy) is 1. The highest BCUT2D eigenvalue weighted by atomic mass is 19.1. The van der Waals surface area contributed by atoms with Crippen molar-refractivity contribution in [2.24, 2.45) is 0 Å². The predicted molar refractivity (Wildman–Crippen MR) is 94.1 cm³/mol. The zero-order chi connectivity index (χ0) is 18.2. The Hall–Kier alpha value is -2.69. The number of carbonyl (C=O) groups is 2. The lowest BCUT2D eigenvalue weighted by atomic mass is 10.1. The average Bonchev–Trinajstić information content (AvgIpc) is 2.59. The molecule has 0 fully saturated rings. The largest absolute Gasteiger partial charge is 0.494 e. The van der Waals surface area contributed by atoms with Gasteiger partial charge in [-0.25, -0.2) is 4.39 Å². The van der Waals surface area contributed by atoms with E-state index in [1.807, 2.05) is 6.92 Å². The topological polar surface area (TPSA) is 55.4 Å². The third-order valence-corrected chi connectivity index (χ3v) is 3.83. The highest BCUT2D eigenvalue weighted by Crippen LogP contribution is 2.14. The molecule has 0 heterocycles. The van der Waals surface area contributed by atoms with Crippen LogP contribution in [0.3, 0.4) is 0 Å². The molecule has 0 saturated heterocycles. The lowest BCUT2D eigenvalue weighted by Crippen LogP contribution is -2.26. The maximum atomic E-state index is 12.9. The summed E-state index contributed by atoms with van der Waals surface area (Å²) in [6.45, 7) is 3.79. The van der Waals surface area contributed by atoms with E-state index in [1.165, 1.54) is 19.1 Å². The van der Waals surface area contributed by atoms with Crippen molar-refractivity contribution in [3.63, 3.8) is 0 Å². The fourth-order valence-electron chi connectivity index (χ4n) is 2.36. The molecule has 25 heavy (non-hydrogen) atoms. The lowest BCUT2D eigenvalue weighted by molar-refractivity contribution is -0.121. The van der Waals surface area contributed by atoms with Crippen LogP contribution in [0.15, 0.2) is 48.5 Å². The number of rotatable bonds is 8. The van der Waals surface area contributed by atoms with E-state index in [2.05, 4.69) is 5.32 Å². The van der Waals surface area contributed by atoms with Gasteiger partial charge in [0.1, 0.15) is 11.6 Å². The van der Waals surface area contributed by atoms with Crippen molar-refractivity contribution in [3.05, 3.63) is 65.5 Å². The Labute approximate surface area is 147 Å². The molecule has 2 rings (SSSR count). The van der Waals surface area contributed by atoms with E-state index in [0.717, 1.165) is 5.56 Å². The second kappa shape index (κ2) is 8.97. The lowest BCUT2D eigenvalue weighted by Gasteiger charge is -2.14. The minimum absolute atomic E-state index is 0.0125. The zero-order valence-corrected chi connectivity index (χ0v) is 14.4. The van der Waals surface area contributed by atoms with E-state index < -0.39 is 0 Å². The SMILES string of the molecule is CC(=O)c1ccc(OCCCC(=O)NC(C)c2ccc(F)cc2)cc1. The van der Waals surface area contributed by atoms with E-state index >= 15 is 0 Å². The van der Waals surface area contributed by atoms with Gasteiger partial charge in [0, 0.05) is 12.0 Å². The second-order valence-corrected chi connectivity index (χ2v) is 5.87. The van der Waals surface area contributed by atoms with Crippen LogP contribution in [0.2, 0.25) is 0 Å². The smallest absolute Gasteiger partial charge is 0.220 e. The van der Waals surface area contributed by atoms with Gasteiger partial charge >= 0.3 is 0 Å². The van der Waals surface area contributed by atoms with Crippen LogP contribution < -0.4 is 10.1 Å². The summed E-state index contributed by atoms with van der Waals surface area (Å²) in [6.07, 6.45) is 0.924. The van der Waals surface area contributed by atoms with Gasteiger partial charge in [-0.1, -0.05) is 12.1 Å². The molecule has 0 aromatic heterocycles. The Morgan fingerprint density at radius 3 is 2.32 bits per heavy atom. The standard InChI is InChI=1S/C20H22FNO3/c1-14(16-5-9-18(21)10-6-16)22-20(24)4-3-13-25-19-11-7-17(8-12-19)15(2)23/h5-12,14H,3-4,13H2,1-2H3,(H,22,24).